The summed E-state index contributed by atoms with van der Waals surface area (Å²) in [5, 5.41) is 14.2. The maximum Gasteiger partial charge on any atom is 0.234 e. The van der Waals surface area contributed by atoms with E-state index < -0.39 is 0 Å². The van der Waals surface area contributed by atoms with Crippen molar-refractivity contribution < 1.29 is 0 Å². The Morgan fingerprint density at radius 1 is 1.44 bits per heavy atom. The molecule has 1 aliphatic rings. The monoisotopic (exact) mass is 265 g/mol. The Morgan fingerprint density at radius 3 is 2.83 bits per heavy atom. The smallest absolute Gasteiger partial charge is 0.234 e. The number of hydrogen-bond acceptors (Lipinski definition) is 5. The highest BCUT2D eigenvalue weighted by Gasteiger charge is 2.41. The minimum absolute atomic E-state index is 0.0135. The van der Waals surface area contributed by atoms with E-state index in [0.29, 0.717) is 5.92 Å². The maximum absolute atomic E-state index is 6.26. The Hall–Kier alpha value is -1.01. The van der Waals surface area contributed by atoms with Gasteiger partial charge in [-0.25, -0.2) is 0 Å². The lowest BCUT2D eigenvalue weighted by atomic mass is 9.86. The first-order chi connectivity index (χ1) is 8.52. The van der Waals surface area contributed by atoms with Crippen LogP contribution in [0.5, 0.6) is 0 Å². The topological polar surface area (TPSA) is 69.1 Å². The van der Waals surface area contributed by atoms with Gasteiger partial charge in [0.2, 0.25) is 4.96 Å². The first-order valence-electron chi connectivity index (χ1n) is 6.50. The summed E-state index contributed by atoms with van der Waals surface area (Å²) in [6, 6.07) is 0.212. The average molecular weight is 265 g/mol. The van der Waals surface area contributed by atoms with Crippen molar-refractivity contribution in [3.05, 3.63) is 10.8 Å². The lowest BCUT2D eigenvalue weighted by Gasteiger charge is -2.25. The fraction of sp³-hybridized carbons (Fsp3) is 0.750. The van der Waals surface area contributed by atoms with Crippen LogP contribution in [0, 0.1) is 0 Å². The van der Waals surface area contributed by atoms with E-state index in [1.165, 1.54) is 6.42 Å². The molecule has 1 aliphatic carbocycles. The Kier molecular flexibility index (Phi) is 2.67. The molecule has 2 aromatic rings. The van der Waals surface area contributed by atoms with Crippen LogP contribution in [0.3, 0.4) is 0 Å². The molecule has 0 spiro atoms. The first kappa shape index (κ1) is 12.0. The molecule has 0 amide bonds. The molecule has 2 heterocycles. The van der Waals surface area contributed by atoms with Gasteiger partial charge in [0.05, 0.1) is 0 Å². The molecule has 3 rings (SSSR count). The van der Waals surface area contributed by atoms with Gasteiger partial charge in [-0.15, -0.1) is 10.2 Å². The number of aromatic nitrogens is 4. The Balaban J connectivity index is 2.09. The van der Waals surface area contributed by atoms with Crippen molar-refractivity contribution in [2.24, 2.45) is 5.73 Å². The summed E-state index contributed by atoms with van der Waals surface area (Å²) >= 11 is 1.63. The molecular formula is C12H19N5S. The van der Waals surface area contributed by atoms with E-state index in [0.717, 1.165) is 28.6 Å². The summed E-state index contributed by atoms with van der Waals surface area (Å²) in [6.07, 6.45) is 3.40. The van der Waals surface area contributed by atoms with Crippen LogP contribution < -0.4 is 5.73 Å². The molecule has 0 aromatic carbocycles. The van der Waals surface area contributed by atoms with Gasteiger partial charge < -0.3 is 5.73 Å². The van der Waals surface area contributed by atoms with Gasteiger partial charge in [-0.05, 0) is 12.8 Å². The second kappa shape index (κ2) is 3.99. The van der Waals surface area contributed by atoms with Crippen LogP contribution in [-0.2, 0) is 5.41 Å². The standard InChI is InChI=1S/C12H19N5S/c1-7(2)9-14-15-11-17(9)16-10(18-11)12(3)6-4-5-8(12)13/h7-8H,4-6,13H2,1-3H3. The fourth-order valence-corrected chi connectivity index (χ4v) is 3.77. The normalized spacial score (nSPS) is 28.6. The molecule has 6 heteroatoms. The van der Waals surface area contributed by atoms with E-state index >= 15 is 0 Å². The zero-order valence-corrected chi connectivity index (χ0v) is 11.9. The summed E-state index contributed by atoms with van der Waals surface area (Å²) in [4.78, 5) is 0.883. The van der Waals surface area contributed by atoms with Crippen LogP contribution >= 0.6 is 11.3 Å². The second-order valence-electron chi connectivity index (χ2n) is 5.73. The zero-order valence-electron chi connectivity index (χ0n) is 11.1. The van der Waals surface area contributed by atoms with Crippen LogP contribution in [0.2, 0.25) is 0 Å². The Morgan fingerprint density at radius 2 is 2.22 bits per heavy atom. The lowest BCUT2D eigenvalue weighted by molar-refractivity contribution is 0.422. The number of fused-ring (bicyclic) bond motifs is 1. The van der Waals surface area contributed by atoms with Crippen LogP contribution in [-0.4, -0.2) is 25.9 Å². The zero-order chi connectivity index (χ0) is 12.9. The Bertz CT molecular complexity index is 572. The average Bonchev–Trinajstić information content (AvgIpc) is 2.93. The molecule has 0 bridgehead atoms. The largest absolute Gasteiger partial charge is 0.327 e. The molecule has 0 radical (unpaired) electrons. The molecule has 0 aliphatic heterocycles. The van der Waals surface area contributed by atoms with E-state index in [4.69, 9.17) is 10.8 Å². The van der Waals surface area contributed by atoms with Gasteiger partial charge in [-0.1, -0.05) is 38.5 Å². The second-order valence-corrected chi connectivity index (χ2v) is 6.69. The van der Waals surface area contributed by atoms with Crippen LogP contribution in [0.1, 0.15) is 56.8 Å². The molecule has 2 aromatic heterocycles. The van der Waals surface area contributed by atoms with Crippen molar-refractivity contribution in [1.82, 2.24) is 19.8 Å². The van der Waals surface area contributed by atoms with Crippen molar-refractivity contribution in [2.45, 2.75) is 57.4 Å². The lowest BCUT2D eigenvalue weighted by Crippen LogP contribution is -2.38. The predicted molar refractivity (Wildman–Crippen MR) is 71.9 cm³/mol. The molecule has 98 valence electrons. The molecule has 5 nitrogen and oxygen atoms in total. The number of hydrogen-bond donors (Lipinski definition) is 1. The summed E-state index contributed by atoms with van der Waals surface area (Å²) in [6.45, 7) is 6.45. The molecule has 2 atom stereocenters. The van der Waals surface area contributed by atoms with Gasteiger partial charge in [0, 0.05) is 17.4 Å². The van der Waals surface area contributed by atoms with Gasteiger partial charge in [-0.2, -0.15) is 9.61 Å². The van der Waals surface area contributed by atoms with Crippen molar-refractivity contribution in [1.29, 1.82) is 0 Å². The number of nitrogens with zero attached hydrogens (tertiary/aromatic N) is 4. The predicted octanol–water partition coefficient (Wildman–Crippen LogP) is 2.08. The Labute approximate surface area is 110 Å². The van der Waals surface area contributed by atoms with Crippen molar-refractivity contribution in [2.75, 3.05) is 0 Å². The molecule has 2 N–H and O–H groups in total. The highest BCUT2D eigenvalue weighted by Crippen LogP contribution is 2.41. The highest BCUT2D eigenvalue weighted by atomic mass is 32.1. The summed E-state index contributed by atoms with van der Waals surface area (Å²) in [7, 11) is 0. The number of nitrogens with two attached hydrogens (primary N) is 1. The summed E-state index contributed by atoms with van der Waals surface area (Å²) in [5.74, 6) is 1.27. The maximum atomic E-state index is 6.26. The van der Waals surface area contributed by atoms with Crippen molar-refractivity contribution >= 4 is 16.3 Å². The highest BCUT2D eigenvalue weighted by molar-refractivity contribution is 7.16. The van der Waals surface area contributed by atoms with E-state index in [1.54, 1.807) is 11.3 Å². The third-order valence-electron chi connectivity index (χ3n) is 4.05. The van der Waals surface area contributed by atoms with Crippen LogP contribution in [0.25, 0.3) is 4.96 Å². The summed E-state index contributed by atoms with van der Waals surface area (Å²) < 4.78 is 1.89. The summed E-state index contributed by atoms with van der Waals surface area (Å²) in [5.41, 5.74) is 6.27. The SMILES string of the molecule is CC(C)c1nnc2sc(C3(C)CCCC3N)nn12. The van der Waals surface area contributed by atoms with Crippen LogP contribution in [0.4, 0.5) is 0 Å². The van der Waals surface area contributed by atoms with Crippen LogP contribution in [0.15, 0.2) is 0 Å². The first-order valence-corrected chi connectivity index (χ1v) is 7.32. The van der Waals surface area contributed by atoms with E-state index in [9.17, 15) is 0 Å². The third-order valence-corrected chi connectivity index (χ3v) is 5.23. The van der Waals surface area contributed by atoms with E-state index in [-0.39, 0.29) is 11.5 Å². The number of rotatable bonds is 2. The van der Waals surface area contributed by atoms with Gasteiger partial charge in [0.25, 0.3) is 0 Å². The van der Waals surface area contributed by atoms with Gasteiger partial charge >= 0.3 is 0 Å². The molecule has 1 fully saturated rings. The quantitative estimate of drug-likeness (QED) is 0.902. The van der Waals surface area contributed by atoms with Gasteiger partial charge in [0.1, 0.15) is 5.01 Å². The van der Waals surface area contributed by atoms with Gasteiger partial charge in [0.15, 0.2) is 5.82 Å². The molecular weight excluding hydrogens is 246 g/mol. The minimum Gasteiger partial charge on any atom is -0.327 e. The minimum atomic E-state index is 0.0135. The third kappa shape index (κ3) is 1.59. The van der Waals surface area contributed by atoms with E-state index in [1.807, 2.05) is 4.52 Å². The molecule has 18 heavy (non-hydrogen) atoms. The van der Waals surface area contributed by atoms with Crippen molar-refractivity contribution in [3.8, 4) is 0 Å². The molecule has 2 unspecified atom stereocenters. The van der Waals surface area contributed by atoms with E-state index in [2.05, 4.69) is 31.0 Å². The molecule has 0 saturated heterocycles. The molecule has 1 saturated carbocycles. The van der Waals surface area contributed by atoms with Gasteiger partial charge in [-0.3, -0.25) is 0 Å². The van der Waals surface area contributed by atoms with Crippen molar-refractivity contribution in [3.63, 3.8) is 0 Å². The fourth-order valence-electron chi connectivity index (χ4n) is 2.68.